The Bertz CT molecular complexity index is 908. The molecule has 0 aromatic heterocycles. The number of hydrogen-bond acceptors (Lipinski definition) is 4. The highest BCUT2D eigenvalue weighted by molar-refractivity contribution is 8.18. The molecular formula is C19H14Cl2N2O2S. The minimum atomic E-state index is -0.225. The van der Waals surface area contributed by atoms with Crippen LogP contribution in [0.5, 0.6) is 5.75 Å². The van der Waals surface area contributed by atoms with E-state index in [0.717, 1.165) is 0 Å². The van der Waals surface area contributed by atoms with Crippen LogP contribution in [0, 0.1) is 0 Å². The molecule has 1 N–H and O–H groups in total. The number of nitrogens with zero attached hydrogens (tertiary/aromatic N) is 1. The Hall–Kier alpha value is -2.21. The number of hydrogen-bond donors (Lipinski definition) is 1. The van der Waals surface area contributed by atoms with Crippen molar-refractivity contribution in [3.63, 3.8) is 0 Å². The molecule has 2 aromatic carbocycles. The number of amides is 1. The summed E-state index contributed by atoms with van der Waals surface area (Å²) in [4.78, 5) is 17.2. The van der Waals surface area contributed by atoms with Gasteiger partial charge in [0.2, 0.25) is 0 Å². The number of carbonyl (C=O) groups is 1. The summed E-state index contributed by atoms with van der Waals surface area (Å²) in [7, 11) is 0. The van der Waals surface area contributed by atoms with Gasteiger partial charge in [-0.15, -0.1) is 0 Å². The van der Waals surface area contributed by atoms with E-state index in [-0.39, 0.29) is 5.91 Å². The summed E-state index contributed by atoms with van der Waals surface area (Å²) >= 11 is 13.2. The smallest absolute Gasteiger partial charge is 0.264 e. The quantitative estimate of drug-likeness (QED) is 0.532. The van der Waals surface area contributed by atoms with Crippen LogP contribution in [0.4, 0.5) is 5.69 Å². The second kappa shape index (κ2) is 8.45. The van der Waals surface area contributed by atoms with Gasteiger partial charge in [-0.05, 0) is 60.3 Å². The molecular weight excluding hydrogens is 391 g/mol. The number of benzene rings is 2. The molecule has 7 heteroatoms. The van der Waals surface area contributed by atoms with Gasteiger partial charge in [-0.25, -0.2) is 4.99 Å². The van der Waals surface area contributed by atoms with E-state index >= 15 is 0 Å². The average molecular weight is 405 g/mol. The van der Waals surface area contributed by atoms with E-state index in [1.54, 1.807) is 54.6 Å². The molecule has 0 saturated carbocycles. The second-order valence-electron chi connectivity index (χ2n) is 5.24. The van der Waals surface area contributed by atoms with Crippen molar-refractivity contribution in [2.45, 2.75) is 0 Å². The maximum absolute atomic E-state index is 12.3. The lowest BCUT2D eigenvalue weighted by Gasteiger charge is -2.08. The number of rotatable bonds is 5. The Morgan fingerprint density at radius 2 is 1.88 bits per heavy atom. The molecule has 0 spiro atoms. The maximum Gasteiger partial charge on any atom is 0.264 e. The molecule has 0 radical (unpaired) electrons. The molecule has 0 unspecified atom stereocenters. The summed E-state index contributed by atoms with van der Waals surface area (Å²) in [5, 5.41) is 4.43. The van der Waals surface area contributed by atoms with Gasteiger partial charge in [0.05, 0.1) is 10.6 Å². The second-order valence-corrected chi connectivity index (χ2v) is 7.14. The Balaban J connectivity index is 1.86. The van der Waals surface area contributed by atoms with E-state index in [2.05, 4.69) is 16.9 Å². The Morgan fingerprint density at radius 1 is 1.15 bits per heavy atom. The van der Waals surface area contributed by atoms with Crippen molar-refractivity contribution < 1.29 is 9.53 Å². The largest absolute Gasteiger partial charge is 0.489 e. The first-order valence-electron chi connectivity index (χ1n) is 7.63. The molecule has 0 bridgehead atoms. The van der Waals surface area contributed by atoms with Crippen LogP contribution in [0.25, 0.3) is 6.08 Å². The third-order valence-corrected chi connectivity index (χ3v) is 4.72. The minimum Gasteiger partial charge on any atom is -0.489 e. The SMILES string of the molecule is C=CCOc1ccc(Cl)cc1/C=C1\SC(=Nc2ccc(Cl)cc2)NC1=O. The lowest BCUT2D eigenvalue weighted by molar-refractivity contribution is -0.115. The molecule has 1 saturated heterocycles. The fraction of sp³-hybridized carbons (Fsp3) is 0.0526. The highest BCUT2D eigenvalue weighted by Crippen LogP contribution is 2.32. The van der Waals surface area contributed by atoms with Gasteiger partial charge >= 0.3 is 0 Å². The molecule has 0 atom stereocenters. The summed E-state index contributed by atoms with van der Waals surface area (Å²) in [5.74, 6) is 0.399. The molecule has 1 amide bonds. The van der Waals surface area contributed by atoms with Crippen LogP contribution in [0.15, 0.2) is 65.0 Å². The summed E-state index contributed by atoms with van der Waals surface area (Å²) < 4.78 is 5.62. The number of amidine groups is 1. The predicted octanol–water partition coefficient (Wildman–Crippen LogP) is 5.45. The van der Waals surface area contributed by atoms with Crippen molar-refractivity contribution in [2.24, 2.45) is 4.99 Å². The fourth-order valence-electron chi connectivity index (χ4n) is 2.17. The third kappa shape index (κ3) is 4.69. The first-order chi connectivity index (χ1) is 12.5. The van der Waals surface area contributed by atoms with E-state index in [4.69, 9.17) is 27.9 Å². The van der Waals surface area contributed by atoms with Crippen molar-refractivity contribution in [3.05, 3.63) is 75.6 Å². The molecule has 26 heavy (non-hydrogen) atoms. The topological polar surface area (TPSA) is 50.7 Å². The van der Waals surface area contributed by atoms with Gasteiger partial charge in [-0.1, -0.05) is 35.9 Å². The van der Waals surface area contributed by atoms with Crippen molar-refractivity contribution in [1.82, 2.24) is 5.32 Å². The fourth-order valence-corrected chi connectivity index (χ4v) is 3.31. The highest BCUT2D eigenvalue weighted by atomic mass is 35.5. The average Bonchev–Trinajstić information content (AvgIpc) is 2.95. The monoisotopic (exact) mass is 404 g/mol. The van der Waals surface area contributed by atoms with E-state index in [9.17, 15) is 4.79 Å². The van der Waals surface area contributed by atoms with Gasteiger partial charge < -0.3 is 10.1 Å². The van der Waals surface area contributed by atoms with Crippen LogP contribution < -0.4 is 10.1 Å². The zero-order valence-electron chi connectivity index (χ0n) is 13.5. The van der Waals surface area contributed by atoms with Crippen molar-refractivity contribution in [3.8, 4) is 5.75 Å². The van der Waals surface area contributed by atoms with Crippen LogP contribution in [-0.4, -0.2) is 17.7 Å². The summed E-state index contributed by atoms with van der Waals surface area (Å²) in [5.41, 5.74) is 1.42. The van der Waals surface area contributed by atoms with Gasteiger partial charge in [0.1, 0.15) is 12.4 Å². The van der Waals surface area contributed by atoms with Crippen LogP contribution in [0.2, 0.25) is 10.0 Å². The lowest BCUT2D eigenvalue weighted by atomic mass is 10.2. The number of thioether (sulfide) groups is 1. The van der Waals surface area contributed by atoms with Gasteiger partial charge in [0.15, 0.2) is 5.17 Å². The van der Waals surface area contributed by atoms with E-state index in [1.165, 1.54) is 11.8 Å². The van der Waals surface area contributed by atoms with Gasteiger partial charge in [-0.2, -0.15) is 0 Å². The van der Waals surface area contributed by atoms with Crippen LogP contribution in [0.3, 0.4) is 0 Å². The zero-order chi connectivity index (χ0) is 18.5. The minimum absolute atomic E-state index is 0.225. The molecule has 2 aromatic rings. The number of ether oxygens (including phenoxy) is 1. The normalized spacial score (nSPS) is 16.8. The van der Waals surface area contributed by atoms with E-state index < -0.39 is 0 Å². The predicted molar refractivity (Wildman–Crippen MR) is 109 cm³/mol. The van der Waals surface area contributed by atoms with E-state index in [1.807, 2.05) is 0 Å². The number of halogens is 2. The molecule has 132 valence electrons. The third-order valence-electron chi connectivity index (χ3n) is 3.32. The van der Waals surface area contributed by atoms with Crippen LogP contribution >= 0.6 is 35.0 Å². The molecule has 1 aliphatic rings. The van der Waals surface area contributed by atoms with Crippen molar-refractivity contribution in [1.29, 1.82) is 0 Å². The Labute approximate surface area is 165 Å². The number of carbonyl (C=O) groups excluding carboxylic acids is 1. The first-order valence-corrected chi connectivity index (χ1v) is 9.21. The molecule has 1 fully saturated rings. The Morgan fingerprint density at radius 3 is 2.62 bits per heavy atom. The zero-order valence-corrected chi connectivity index (χ0v) is 15.9. The Kier molecular flexibility index (Phi) is 6.04. The molecule has 1 heterocycles. The highest BCUT2D eigenvalue weighted by Gasteiger charge is 2.24. The summed E-state index contributed by atoms with van der Waals surface area (Å²) in [6, 6.07) is 12.3. The number of nitrogens with one attached hydrogen (secondary N) is 1. The number of aliphatic imine (C=N–C) groups is 1. The molecule has 4 nitrogen and oxygen atoms in total. The van der Waals surface area contributed by atoms with Gasteiger partial charge in [-0.3, -0.25) is 4.79 Å². The summed E-state index contributed by atoms with van der Waals surface area (Å²) in [6.07, 6.45) is 3.38. The molecule has 0 aliphatic carbocycles. The van der Waals surface area contributed by atoms with Crippen LogP contribution in [-0.2, 0) is 4.79 Å². The van der Waals surface area contributed by atoms with Gasteiger partial charge in [0.25, 0.3) is 5.91 Å². The first kappa shape index (κ1) is 18.6. The van der Waals surface area contributed by atoms with Crippen molar-refractivity contribution in [2.75, 3.05) is 6.61 Å². The van der Waals surface area contributed by atoms with Gasteiger partial charge in [0, 0.05) is 15.6 Å². The summed E-state index contributed by atoms with van der Waals surface area (Å²) in [6.45, 7) is 4.00. The van der Waals surface area contributed by atoms with Crippen LogP contribution in [0.1, 0.15) is 5.56 Å². The van der Waals surface area contributed by atoms with Crippen molar-refractivity contribution >= 4 is 57.8 Å². The molecule has 1 aliphatic heterocycles. The van der Waals surface area contributed by atoms with E-state index in [0.29, 0.717) is 43.7 Å². The molecule has 3 rings (SSSR count). The maximum atomic E-state index is 12.3. The lowest BCUT2D eigenvalue weighted by Crippen LogP contribution is -2.19. The standard InChI is InChI=1S/C19H14Cl2N2O2S/c1-2-9-25-16-8-5-14(21)10-12(16)11-17-18(24)23-19(26-17)22-15-6-3-13(20)4-7-15/h2-8,10-11H,1,9H2,(H,22,23,24)/b17-11-.